The van der Waals surface area contributed by atoms with Gasteiger partial charge in [-0.1, -0.05) is 79.1 Å². The molecule has 2 amide bonds. The van der Waals surface area contributed by atoms with Gasteiger partial charge < -0.3 is 9.80 Å². The topological polar surface area (TPSA) is 40.6 Å². The Balaban J connectivity index is 0.000000791. The second kappa shape index (κ2) is 32.0. The molecule has 0 heterocycles. The zero-order valence-electron chi connectivity index (χ0n) is 32.1. The van der Waals surface area contributed by atoms with Crippen LogP contribution in [-0.4, -0.2) is 24.9 Å². The number of hydrogen-bond acceptors (Lipinski definition) is 2. The largest absolute Gasteiger partial charge is 4.00 e. The molecule has 4 aromatic rings. The quantitative estimate of drug-likeness (QED) is 0.0438. The van der Waals surface area contributed by atoms with E-state index < -0.39 is 23.3 Å². The summed E-state index contributed by atoms with van der Waals surface area (Å²) in [5.74, 6) is -3.29. The molecule has 4 nitrogen and oxygen atoms in total. The minimum absolute atomic E-state index is 0. The number of unbranched alkanes of at least 4 members (excludes halogenated alkanes) is 8. The number of carbonyl (C=O) groups excluding carboxylic acids is 2. The van der Waals surface area contributed by atoms with E-state index in [1.54, 1.807) is 0 Å². The summed E-state index contributed by atoms with van der Waals surface area (Å²) in [5.41, 5.74) is 0.267. The summed E-state index contributed by atoms with van der Waals surface area (Å²) in [6.45, 7) is 9.17. The Bertz CT molecular complexity index is 1300. The van der Waals surface area contributed by atoms with Gasteiger partial charge in [-0.25, -0.2) is 41.8 Å². The van der Waals surface area contributed by atoms with Crippen LogP contribution in [0, 0.1) is 35.4 Å². The van der Waals surface area contributed by atoms with E-state index in [2.05, 4.69) is 13.8 Å². The average Bonchev–Trinajstić information content (AvgIpc) is 3.92. The fourth-order valence-electron chi connectivity index (χ4n) is 5.01. The van der Waals surface area contributed by atoms with Gasteiger partial charge in [-0.05, 0) is 37.1 Å². The van der Waals surface area contributed by atoms with Crippen LogP contribution in [0.1, 0.15) is 118 Å². The zero-order chi connectivity index (χ0) is 38.4. The van der Waals surface area contributed by atoms with Gasteiger partial charge in [0.1, 0.15) is 0 Å². The second-order valence-electron chi connectivity index (χ2n) is 12.4. The molecule has 4 aromatic carbocycles. The minimum Gasteiger partial charge on any atom is -0.363 e. The van der Waals surface area contributed by atoms with E-state index in [-0.39, 0.29) is 44.9 Å². The molecule has 0 aliphatic rings. The van der Waals surface area contributed by atoms with Crippen molar-refractivity contribution < 1.29 is 48.9 Å². The molecule has 0 saturated heterocycles. The van der Waals surface area contributed by atoms with Gasteiger partial charge in [-0.15, -0.1) is 36.4 Å². The van der Waals surface area contributed by atoms with Crippen LogP contribution in [0.15, 0.2) is 84.9 Å². The first-order valence-electron chi connectivity index (χ1n) is 18.9. The Morgan fingerprint density at radius 3 is 1.13 bits per heavy atom. The summed E-state index contributed by atoms with van der Waals surface area (Å²) in [7, 11) is 0. The maximum atomic E-state index is 13.9. The summed E-state index contributed by atoms with van der Waals surface area (Å²) < 4.78 is 53.7. The van der Waals surface area contributed by atoms with Crippen LogP contribution in [0.3, 0.4) is 0 Å². The van der Waals surface area contributed by atoms with Gasteiger partial charge in [0.25, 0.3) is 0 Å². The Morgan fingerprint density at radius 1 is 0.528 bits per heavy atom. The van der Waals surface area contributed by atoms with Crippen molar-refractivity contribution in [3.05, 3.63) is 120 Å². The first-order chi connectivity index (χ1) is 25.2. The molecule has 9 heteroatoms. The monoisotopic (exact) mass is 770 g/mol. The number of anilines is 2. The van der Waals surface area contributed by atoms with Gasteiger partial charge in [0.15, 0.2) is 0 Å². The molecule has 0 unspecified atom stereocenters. The third-order valence-electron chi connectivity index (χ3n) is 7.94. The molecule has 0 atom stereocenters. The van der Waals surface area contributed by atoms with E-state index in [0.29, 0.717) is 25.9 Å². The molecular weight excluding hydrogens is 712 g/mol. The van der Waals surface area contributed by atoms with Gasteiger partial charge in [0.2, 0.25) is 11.8 Å². The molecule has 0 fully saturated rings. The van der Waals surface area contributed by atoms with Crippen molar-refractivity contribution in [1.82, 2.24) is 0 Å². The summed E-state index contributed by atoms with van der Waals surface area (Å²) in [6.07, 6.45) is 12.2. The van der Waals surface area contributed by atoms with Gasteiger partial charge >= 0.3 is 21.7 Å². The first kappa shape index (κ1) is 49.5. The van der Waals surface area contributed by atoms with Crippen molar-refractivity contribution in [2.24, 2.45) is 0 Å². The van der Waals surface area contributed by atoms with Crippen molar-refractivity contribution in [2.75, 3.05) is 22.9 Å². The molecule has 0 N–H and O–H groups in total. The van der Waals surface area contributed by atoms with Gasteiger partial charge in [-0.2, -0.15) is 36.4 Å². The van der Waals surface area contributed by atoms with Crippen LogP contribution in [0.2, 0.25) is 0 Å². The van der Waals surface area contributed by atoms with Crippen LogP contribution in [0.4, 0.5) is 28.9 Å². The van der Waals surface area contributed by atoms with Crippen LogP contribution in [0.25, 0.3) is 0 Å². The number of amides is 2. The summed E-state index contributed by atoms with van der Waals surface area (Å²) in [5, 5.41) is 0. The molecule has 0 saturated carbocycles. The average molecular weight is 771 g/mol. The molecule has 0 aliphatic heterocycles. The van der Waals surface area contributed by atoms with Crippen LogP contribution >= 0.6 is 0 Å². The van der Waals surface area contributed by atoms with Crippen LogP contribution in [-0.2, 0) is 31.3 Å². The van der Waals surface area contributed by atoms with Crippen molar-refractivity contribution in [1.29, 1.82) is 0 Å². The Morgan fingerprint density at radius 2 is 0.868 bits per heavy atom. The van der Waals surface area contributed by atoms with Gasteiger partial charge in [-0.3, -0.25) is 9.59 Å². The fraction of sp³-hybridized carbons (Fsp3) is 0.455. The van der Waals surface area contributed by atoms with Crippen molar-refractivity contribution in [3.8, 4) is 0 Å². The van der Waals surface area contributed by atoms with Crippen molar-refractivity contribution >= 4 is 23.2 Å². The third-order valence-corrected chi connectivity index (χ3v) is 7.94. The molecule has 0 bridgehead atoms. The second-order valence-corrected chi connectivity index (χ2v) is 12.4. The molecule has 288 valence electrons. The Kier molecular flexibility index (Phi) is 29.9. The van der Waals surface area contributed by atoms with E-state index in [1.165, 1.54) is 21.9 Å². The molecule has 0 aromatic heterocycles. The van der Waals surface area contributed by atoms with E-state index in [4.69, 9.17) is 0 Å². The number of halogens is 4. The van der Waals surface area contributed by atoms with E-state index in [1.807, 2.05) is 86.6 Å². The Labute approximate surface area is 331 Å². The van der Waals surface area contributed by atoms with Crippen molar-refractivity contribution in [3.63, 3.8) is 0 Å². The molecule has 0 spiro atoms. The SMILES string of the molecule is CCCCCCN(C(=O)CCCC)c1ccc(F)[c-]c1F.CCCCCCN(C(=O)CCCC)c1ccc(F)[c-]c1F.[Ti+4].c1cc[cH-]c1.c1cc[cH-]c1. The van der Waals surface area contributed by atoms with Gasteiger partial charge in [0, 0.05) is 49.2 Å². The third kappa shape index (κ3) is 22.4. The number of rotatable bonds is 18. The summed E-state index contributed by atoms with van der Waals surface area (Å²) in [6, 6.07) is 28.9. The predicted octanol–water partition coefficient (Wildman–Crippen LogP) is 12.5. The number of hydrogen-bond donors (Lipinski definition) is 0. The molecular formula is C44H58F4N2O2Ti. The molecule has 0 radical (unpaired) electrons. The summed E-state index contributed by atoms with van der Waals surface area (Å²) in [4.78, 5) is 27.4. The maximum absolute atomic E-state index is 13.9. The van der Waals surface area contributed by atoms with Crippen LogP contribution in [0.5, 0.6) is 0 Å². The van der Waals surface area contributed by atoms with Crippen LogP contribution < -0.4 is 9.80 Å². The minimum atomic E-state index is -0.796. The zero-order valence-corrected chi connectivity index (χ0v) is 33.7. The summed E-state index contributed by atoms with van der Waals surface area (Å²) >= 11 is 0. The normalized spacial score (nSPS) is 9.96. The predicted molar refractivity (Wildman–Crippen MR) is 206 cm³/mol. The fourth-order valence-corrected chi connectivity index (χ4v) is 5.01. The van der Waals surface area contributed by atoms with Gasteiger partial charge in [0.05, 0.1) is 0 Å². The smallest absolute Gasteiger partial charge is 0.363 e. The van der Waals surface area contributed by atoms with E-state index in [9.17, 15) is 27.2 Å². The standard InChI is InChI=1S/2C17H24F2NO.2C5H5.Ti/c2*1-3-5-7-8-12-20(17(21)9-6-4-2)16-11-10-14(18)13-15(16)19;2*1-2-4-5-3-1;/h2*10-11H,3-9,12H2,1-2H3;2*1-5H;/q4*-1;+4. The van der Waals surface area contributed by atoms with E-state index >= 15 is 0 Å². The maximum Gasteiger partial charge on any atom is 4.00 e. The van der Waals surface area contributed by atoms with E-state index in [0.717, 1.165) is 89.2 Å². The molecule has 0 aliphatic carbocycles. The molecule has 53 heavy (non-hydrogen) atoms. The number of nitrogens with zero attached hydrogens (tertiary/aromatic N) is 2. The first-order valence-corrected chi connectivity index (χ1v) is 18.9. The Hall–Kier alpha value is -3.49. The molecule has 4 rings (SSSR count). The number of benzene rings is 2. The number of carbonyl (C=O) groups is 2. The van der Waals surface area contributed by atoms with Crippen molar-refractivity contribution in [2.45, 2.75) is 118 Å².